The van der Waals surface area contributed by atoms with Crippen molar-refractivity contribution in [1.29, 1.82) is 0 Å². The van der Waals surface area contributed by atoms with Crippen LogP contribution in [0.4, 0.5) is 0 Å². The Kier molecular flexibility index (Phi) is 7.38. The molecule has 2 aromatic carbocycles. The topological polar surface area (TPSA) is 42.0 Å². The van der Waals surface area contributed by atoms with E-state index in [-0.39, 0.29) is 5.78 Å². The van der Waals surface area contributed by atoms with Crippen LogP contribution in [0.25, 0.3) is 0 Å². The van der Waals surface area contributed by atoms with Crippen molar-refractivity contribution in [2.75, 3.05) is 52.5 Å². The maximum absolute atomic E-state index is 12.7. The molecule has 0 saturated carbocycles. The first kappa shape index (κ1) is 20.9. The summed E-state index contributed by atoms with van der Waals surface area (Å²) in [6.07, 6.45) is 5.18. The molecular weight excluding hydrogens is 376 g/mol. The minimum absolute atomic E-state index is 0.0160. The van der Waals surface area contributed by atoms with E-state index in [9.17, 15) is 4.79 Å². The molecule has 2 aliphatic heterocycles. The summed E-state index contributed by atoms with van der Waals surface area (Å²) in [5.41, 5.74) is 1.34. The van der Waals surface area contributed by atoms with Gasteiger partial charge in [0.1, 0.15) is 24.7 Å². The lowest BCUT2D eigenvalue weighted by molar-refractivity contribution is 0.103. The molecule has 0 spiro atoms. The second-order valence-corrected chi connectivity index (χ2v) is 8.17. The van der Waals surface area contributed by atoms with Gasteiger partial charge < -0.3 is 9.47 Å². The second-order valence-electron chi connectivity index (χ2n) is 8.17. The Labute approximate surface area is 179 Å². The van der Waals surface area contributed by atoms with Crippen molar-refractivity contribution in [1.82, 2.24) is 9.80 Å². The Bertz CT molecular complexity index is 725. The van der Waals surface area contributed by atoms with E-state index in [4.69, 9.17) is 9.47 Å². The lowest BCUT2D eigenvalue weighted by atomic mass is 10.0. The molecule has 0 amide bonds. The Hall–Kier alpha value is -2.37. The standard InChI is InChI=1S/C25H32N2O3/c28-25(21-5-9-23(10-6-21)29-19-17-26-13-1-2-14-26)22-7-11-24(12-8-22)30-20-18-27-15-3-4-16-27/h5-12H,1-4,13-20H2. The van der Waals surface area contributed by atoms with Gasteiger partial charge in [0, 0.05) is 24.2 Å². The van der Waals surface area contributed by atoms with E-state index in [1.807, 2.05) is 48.5 Å². The fourth-order valence-electron chi connectivity index (χ4n) is 4.17. The molecule has 5 heteroatoms. The molecule has 5 nitrogen and oxygen atoms in total. The predicted molar refractivity (Wildman–Crippen MR) is 119 cm³/mol. The minimum atomic E-state index is 0.0160. The van der Waals surface area contributed by atoms with Gasteiger partial charge in [0.2, 0.25) is 0 Å². The highest BCUT2D eigenvalue weighted by Crippen LogP contribution is 2.18. The van der Waals surface area contributed by atoms with Crippen LogP contribution in [0, 0.1) is 0 Å². The number of hydrogen-bond donors (Lipinski definition) is 0. The lowest BCUT2D eigenvalue weighted by Crippen LogP contribution is -2.25. The summed E-state index contributed by atoms with van der Waals surface area (Å²) in [5, 5.41) is 0. The number of likely N-dealkylation sites (tertiary alicyclic amines) is 2. The third kappa shape index (κ3) is 5.83. The predicted octanol–water partition coefficient (Wildman–Crippen LogP) is 3.87. The van der Waals surface area contributed by atoms with E-state index < -0.39 is 0 Å². The molecule has 0 N–H and O–H groups in total. The minimum Gasteiger partial charge on any atom is -0.492 e. The van der Waals surface area contributed by atoms with Gasteiger partial charge in [-0.15, -0.1) is 0 Å². The molecule has 2 heterocycles. The zero-order valence-electron chi connectivity index (χ0n) is 17.7. The van der Waals surface area contributed by atoms with Crippen molar-refractivity contribution in [3.8, 4) is 11.5 Å². The quantitative estimate of drug-likeness (QED) is 0.559. The van der Waals surface area contributed by atoms with Crippen LogP contribution >= 0.6 is 0 Å². The van der Waals surface area contributed by atoms with Crippen molar-refractivity contribution in [2.45, 2.75) is 25.7 Å². The van der Waals surface area contributed by atoms with Crippen LogP contribution in [-0.4, -0.2) is 68.1 Å². The van der Waals surface area contributed by atoms with Crippen molar-refractivity contribution in [2.24, 2.45) is 0 Å². The smallest absolute Gasteiger partial charge is 0.193 e. The molecule has 2 saturated heterocycles. The number of rotatable bonds is 10. The lowest BCUT2D eigenvalue weighted by Gasteiger charge is -2.15. The summed E-state index contributed by atoms with van der Waals surface area (Å²) >= 11 is 0. The molecule has 2 fully saturated rings. The summed E-state index contributed by atoms with van der Waals surface area (Å²) < 4.78 is 11.7. The number of ether oxygens (including phenoxy) is 2. The molecule has 0 aliphatic carbocycles. The number of benzene rings is 2. The molecule has 0 radical (unpaired) electrons. The van der Waals surface area contributed by atoms with Crippen LogP contribution < -0.4 is 9.47 Å². The average molecular weight is 409 g/mol. The fourth-order valence-corrected chi connectivity index (χ4v) is 4.17. The van der Waals surface area contributed by atoms with E-state index in [0.29, 0.717) is 24.3 Å². The SMILES string of the molecule is O=C(c1ccc(OCCN2CCCC2)cc1)c1ccc(OCCN2CCCC2)cc1. The maximum Gasteiger partial charge on any atom is 0.193 e. The fraction of sp³-hybridized carbons (Fsp3) is 0.480. The number of hydrogen-bond acceptors (Lipinski definition) is 5. The molecule has 0 aromatic heterocycles. The van der Waals surface area contributed by atoms with E-state index in [1.165, 1.54) is 51.9 Å². The van der Waals surface area contributed by atoms with Gasteiger partial charge in [-0.3, -0.25) is 14.6 Å². The summed E-state index contributed by atoms with van der Waals surface area (Å²) in [7, 11) is 0. The molecule has 0 unspecified atom stereocenters. The zero-order chi connectivity index (χ0) is 20.6. The van der Waals surface area contributed by atoms with Gasteiger partial charge in [-0.2, -0.15) is 0 Å². The number of carbonyl (C=O) groups excluding carboxylic acids is 1. The molecule has 4 rings (SSSR count). The van der Waals surface area contributed by atoms with E-state index in [2.05, 4.69) is 9.80 Å². The Morgan fingerprint density at radius 1 is 0.633 bits per heavy atom. The molecule has 2 aliphatic rings. The molecule has 2 aromatic rings. The van der Waals surface area contributed by atoms with Gasteiger partial charge >= 0.3 is 0 Å². The van der Waals surface area contributed by atoms with E-state index in [1.54, 1.807) is 0 Å². The van der Waals surface area contributed by atoms with Crippen molar-refractivity contribution >= 4 is 5.78 Å². The third-order valence-electron chi connectivity index (χ3n) is 5.98. The zero-order valence-corrected chi connectivity index (χ0v) is 17.7. The molecule has 0 bridgehead atoms. The average Bonchev–Trinajstić information content (AvgIpc) is 3.49. The van der Waals surface area contributed by atoms with Crippen LogP contribution in [0.15, 0.2) is 48.5 Å². The van der Waals surface area contributed by atoms with Crippen LogP contribution in [-0.2, 0) is 0 Å². The third-order valence-corrected chi connectivity index (χ3v) is 5.98. The van der Waals surface area contributed by atoms with Crippen molar-refractivity contribution in [3.63, 3.8) is 0 Å². The normalized spacial score (nSPS) is 17.3. The van der Waals surface area contributed by atoms with E-state index in [0.717, 1.165) is 24.6 Å². The Morgan fingerprint density at radius 3 is 1.37 bits per heavy atom. The number of nitrogens with zero attached hydrogens (tertiary/aromatic N) is 2. The first-order chi connectivity index (χ1) is 14.8. The second kappa shape index (κ2) is 10.6. The summed E-state index contributed by atoms with van der Waals surface area (Å²) in [5.74, 6) is 1.64. The molecule has 30 heavy (non-hydrogen) atoms. The highest BCUT2D eigenvalue weighted by Gasteiger charge is 2.13. The first-order valence-corrected chi connectivity index (χ1v) is 11.2. The summed E-state index contributed by atoms with van der Waals surface area (Å²) in [6, 6.07) is 14.9. The number of carbonyl (C=O) groups is 1. The van der Waals surface area contributed by atoms with Crippen LogP contribution in [0.3, 0.4) is 0 Å². The summed E-state index contributed by atoms with van der Waals surface area (Å²) in [4.78, 5) is 17.6. The Morgan fingerprint density at radius 2 is 1.00 bits per heavy atom. The number of ketones is 1. The monoisotopic (exact) mass is 408 g/mol. The van der Waals surface area contributed by atoms with Gasteiger partial charge in [0.15, 0.2) is 5.78 Å². The van der Waals surface area contributed by atoms with Crippen LogP contribution in [0.1, 0.15) is 41.6 Å². The highest BCUT2D eigenvalue weighted by molar-refractivity contribution is 6.09. The van der Waals surface area contributed by atoms with Crippen molar-refractivity contribution < 1.29 is 14.3 Å². The molecule has 160 valence electrons. The molecular formula is C25H32N2O3. The van der Waals surface area contributed by atoms with Crippen LogP contribution in [0.5, 0.6) is 11.5 Å². The van der Waals surface area contributed by atoms with E-state index >= 15 is 0 Å². The Balaban J connectivity index is 1.23. The van der Waals surface area contributed by atoms with Crippen LogP contribution in [0.2, 0.25) is 0 Å². The first-order valence-electron chi connectivity index (χ1n) is 11.2. The highest BCUT2D eigenvalue weighted by atomic mass is 16.5. The maximum atomic E-state index is 12.7. The van der Waals surface area contributed by atoms with Gasteiger partial charge in [-0.1, -0.05) is 0 Å². The summed E-state index contributed by atoms with van der Waals surface area (Å²) in [6.45, 7) is 8.02. The largest absolute Gasteiger partial charge is 0.492 e. The van der Waals surface area contributed by atoms with Gasteiger partial charge in [-0.05, 0) is 100 Å². The molecule has 0 atom stereocenters. The van der Waals surface area contributed by atoms with Gasteiger partial charge in [0.05, 0.1) is 0 Å². The van der Waals surface area contributed by atoms with Gasteiger partial charge in [-0.25, -0.2) is 0 Å². The van der Waals surface area contributed by atoms with Gasteiger partial charge in [0.25, 0.3) is 0 Å². The van der Waals surface area contributed by atoms with Crippen molar-refractivity contribution in [3.05, 3.63) is 59.7 Å².